The lowest BCUT2D eigenvalue weighted by atomic mass is 10.0. The molecule has 0 bridgehead atoms. The maximum Gasteiger partial charge on any atom is 0.229 e. The van der Waals surface area contributed by atoms with E-state index in [1.54, 1.807) is 0 Å². The molecule has 1 aliphatic heterocycles. The highest BCUT2D eigenvalue weighted by atomic mass is 16.2. The van der Waals surface area contributed by atoms with Crippen molar-refractivity contribution in [2.75, 3.05) is 11.4 Å². The van der Waals surface area contributed by atoms with Gasteiger partial charge in [-0.15, -0.1) is 0 Å². The molecule has 1 aromatic rings. The van der Waals surface area contributed by atoms with Crippen molar-refractivity contribution in [2.45, 2.75) is 46.1 Å². The summed E-state index contributed by atoms with van der Waals surface area (Å²) in [5, 5.41) is 0. The fraction of sp³-hybridized carbons (Fsp3) is 0.562. The Morgan fingerprint density at radius 1 is 1.42 bits per heavy atom. The Morgan fingerprint density at radius 3 is 2.79 bits per heavy atom. The minimum atomic E-state index is 0.0548. The number of carbonyl (C=O) groups excluding carboxylic acids is 1. The summed E-state index contributed by atoms with van der Waals surface area (Å²) < 4.78 is 0. The minimum Gasteiger partial charge on any atom is -0.327 e. The summed E-state index contributed by atoms with van der Waals surface area (Å²) in [5.74, 6) is 0.274. The molecule has 0 radical (unpaired) electrons. The molecule has 1 amide bonds. The van der Waals surface area contributed by atoms with Gasteiger partial charge in [0.2, 0.25) is 5.91 Å². The standard InChI is InChI=1S/C16H24N2O/c1-4-14(17)10-12-5-6-15-13(9-12)7-8-18(15)16(19)11(2)3/h5-6,9,11,14H,4,7-8,10,17H2,1-3H3. The van der Waals surface area contributed by atoms with Gasteiger partial charge in [0.1, 0.15) is 0 Å². The molecule has 0 aromatic heterocycles. The zero-order valence-electron chi connectivity index (χ0n) is 12.1. The number of hydrogen-bond acceptors (Lipinski definition) is 2. The van der Waals surface area contributed by atoms with Crippen molar-refractivity contribution in [3.05, 3.63) is 29.3 Å². The number of carbonyl (C=O) groups is 1. The van der Waals surface area contributed by atoms with Crippen LogP contribution in [0.3, 0.4) is 0 Å². The first-order valence-electron chi connectivity index (χ1n) is 7.21. The first-order valence-corrected chi connectivity index (χ1v) is 7.21. The van der Waals surface area contributed by atoms with Crippen LogP contribution in [-0.4, -0.2) is 18.5 Å². The van der Waals surface area contributed by atoms with Crippen LogP contribution in [-0.2, 0) is 17.6 Å². The molecular formula is C16H24N2O. The van der Waals surface area contributed by atoms with E-state index >= 15 is 0 Å². The van der Waals surface area contributed by atoms with Crippen molar-refractivity contribution in [3.63, 3.8) is 0 Å². The number of amides is 1. The predicted octanol–water partition coefficient (Wildman–Crippen LogP) is 2.51. The number of fused-ring (bicyclic) bond motifs is 1. The summed E-state index contributed by atoms with van der Waals surface area (Å²) in [6.45, 7) is 6.83. The highest BCUT2D eigenvalue weighted by Gasteiger charge is 2.26. The van der Waals surface area contributed by atoms with E-state index in [2.05, 4.69) is 25.1 Å². The van der Waals surface area contributed by atoms with Gasteiger partial charge in [-0.1, -0.05) is 32.9 Å². The summed E-state index contributed by atoms with van der Waals surface area (Å²) in [5.41, 5.74) is 9.66. The average molecular weight is 260 g/mol. The zero-order chi connectivity index (χ0) is 14.0. The van der Waals surface area contributed by atoms with Gasteiger partial charge in [0.05, 0.1) is 0 Å². The van der Waals surface area contributed by atoms with Crippen molar-refractivity contribution in [2.24, 2.45) is 11.7 Å². The van der Waals surface area contributed by atoms with Crippen molar-refractivity contribution in [1.29, 1.82) is 0 Å². The molecule has 1 heterocycles. The van der Waals surface area contributed by atoms with Crippen LogP contribution in [0.15, 0.2) is 18.2 Å². The lowest BCUT2D eigenvalue weighted by molar-refractivity contribution is -0.121. The molecule has 3 nitrogen and oxygen atoms in total. The van der Waals surface area contributed by atoms with E-state index in [1.165, 1.54) is 11.1 Å². The molecule has 0 saturated heterocycles. The van der Waals surface area contributed by atoms with Crippen LogP contribution < -0.4 is 10.6 Å². The first kappa shape index (κ1) is 14.1. The Morgan fingerprint density at radius 2 is 2.16 bits per heavy atom. The second kappa shape index (κ2) is 5.74. The van der Waals surface area contributed by atoms with Gasteiger partial charge in [0.15, 0.2) is 0 Å². The quantitative estimate of drug-likeness (QED) is 0.904. The lowest BCUT2D eigenvalue weighted by Crippen LogP contribution is -2.32. The van der Waals surface area contributed by atoms with Crippen LogP contribution in [0.5, 0.6) is 0 Å². The third-order valence-electron chi connectivity index (χ3n) is 3.82. The second-order valence-corrected chi connectivity index (χ2v) is 5.73. The lowest BCUT2D eigenvalue weighted by Gasteiger charge is -2.20. The van der Waals surface area contributed by atoms with Gasteiger partial charge in [-0.05, 0) is 36.5 Å². The monoisotopic (exact) mass is 260 g/mol. The first-order chi connectivity index (χ1) is 9.02. The van der Waals surface area contributed by atoms with E-state index in [4.69, 9.17) is 5.73 Å². The van der Waals surface area contributed by atoms with Gasteiger partial charge in [-0.3, -0.25) is 4.79 Å². The van der Waals surface area contributed by atoms with E-state index in [0.717, 1.165) is 31.5 Å². The van der Waals surface area contributed by atoms with Crippen molar-refractivity contribution < 1.29 is 4.79 Å². The minimum absolute atomic E-state index is 0.0548. The molecule has 104 valence electrons. The number of nitrogens with two attached hydrogens (primary N) is 1. The van der Waals surface area contributed by atoms with E-state index in [9.17, 15) is 4.79 Å². The van der Waals surface area contributed by atoms with Crippen LogP contribution in [0.2, 0.25) is 0 Å². The molecule has 0 aliphatic carbocycles. The van der Waals surface area contributed by atoms with Crippen LogP contribution in [0.25, 0.3) is 0 Å². The van der Waals surface area contributed by atoms with Crippen LogP contribution in [0.4, 0.5) is 5.69 Å². The third-order valence-corrected chi connectivity index (χ3v) is 3.82. The number of rotatable bonds is 4. The largest absolute Gasteiger partial charge is 0.327 e. The highest BCUT2D eigenvalue weighted by molar-refractivity contribution is 5.96. The van der Waals surface area contributed by atoms with Gasteiger partial charge < -0.3 is 10.6 Å². The fourth-order valence-electron chi connectivity index (χ4n) is 2.57. The fourth-order valence-corrected chi connectivity index (χ4v) is 2.57. The van der Waals surface area contributed by atoms with Crippen LogP contribution in [0.1, 0.15) is 38.3 Å². The summed E-state index contributed by atoms with van der Waals surface area (Å²) in [6, 6.07) is 6.65. The van der Waals surface area contributed by atoms with E-state index < -0.39 is 0 Å². The molecule has 0 saturated carbocycles. The zero-order valence-corrected chi connectivity index (χ0v) is 12.1. The van der Waals surface area contributed by atoms with E-state index in [-0.39, 0.29) is 17.9 Å². The molecule has 0 spiro atoms. The molecule has 1 aliphatic rings. The summed E-state index contributed by atoms with van der Waals surface area (Å²) in [4.78, 5) is 14.0. The van der Waals surface area contributed by atoms with E-state index in [0.29, 0.717) is 0 Å². The predicted molar refractivity (Wildman–Crippen MR) is 79.3 cm³/mol. The van der Waals surface area contributed by atoms with Gasteiger partial charge in [0, 0.05) is 24.2 Å². The normalized spacial score (nSPS) is 15.7. The van der Waals surface area contributed by atoms with Gasteiger partial charge in [0.25, 0.3) is 0 Å². The maximum absolute atomic E-state index is 12.1. The van der Waals surface area contributed by atoms with Crippen LogP contribution >= 0.6 is 0 Å². The topological polar surface area (TPSA) is 46.3 Å². The van der Waals surface area contributed by atoms with Gasteiger partial charge in [-0.25, -0.2) is 0 Å². The molecule has 2 N–H and O–H groups in total. The smallest absolute Gasteiger partial charge is 0.229 e. The summed E-state index contributed by atoms with van der Waals surface area (Å²) in [6.07, 6.45) is 2.87. The molecule has 0 fully saturated rings. The van der Waals surface area contributed by atoms with Crippen LogP contribution in [0, 0.1) is 5.92 Å². The number of anilines is 1. The summed E-state index contributed by atoms with van der Waals surface area (Å²) in [7, 11) is 0. The summed E-state index contributed by atoms with van der Waals surface area (Å²) >= 11 is 0. The second-order valence-electron chi connectivity index (χ2n) is 5.73. The van der Waals surface area contributed by atoms with Crippen molar-refractivity contribution >= 4 is 11.6 Å². The molecule has 19 heavy (non-hydrogen) atoms. The molecule has 1 unspecified atom stereocenters. The molecule has 1 atom stereocenters. The molecular weight excluding hydrogens is 236 g/mol. The number of hydrogen-bond donors (Lipinski definition) is 1. The van der Waals surface area contributed by atoms with E-state index in [1.807, 2.05) is 18.7 Å². The highest BCUT2D eigenvalue weighted by Crippen LogP contribution is 2.30. The van der Waals surface area contributed by atoms with Crippen molar-refractivity contribution in [3.8, 4) is 0 Å². The Labute approximate surface area is 115 Å². The third kappa shape index (κ3) is 2.98. The number of nitrogens with zero attached hydrogens (tertiary/aromatic N) is 1. The Balaban J connectivity index is 2.18. The Kier molecular flexibility index (Phi) is 4.25. The Hall–Kier alpha value is -1.35. The molecule has 2 rings (SSSR count). The molecule has 1 aromatic carbocycles. The van der Waals surface area contributed by atoms with Crippen molar-refractivity contribution in [1.82, 2.24) is 0 Å². The van der Waals surface area contributed by atoms with Gasteiger partial charge in [-0.2, -0.15) is 0 Å². The number of benzene rings is 1. The Bertz CT molecular complexity index is 468. The SMILES string of the molecule is CCC(N)Cc1ccc2c(c1)CCN2C(=O)C(C)C. The maximum atomic E-state index is 12.1. The average Bonchev–Trinajstić information content (AvgIpc) is 2.80. The molecule has 3 heteroatoms. The van der Waals surface area contributed by atoms with Gasteiger partial charge >= 0.3 is 0 Å².